The van der Waals surface area contributed by atoms with E-state index in [1.54, 1.807) is 0 Å². The molecule has 0 aromatic heterocycles. The van der Waals surface area contributed by atoms with Gasteiger partial charge in [-0.3, -0.25) is 4.79 Å². The molecule has 3 atom stereocenters. The lowest BCUT2D eigenvalue weighted by atomic mass is 9.84. The molecule has 0 aromatic carbocycles. The zero-order valence-electron chi connectivity index (χ0n) is 12.7. The summed E-state index contributed by atoms with van der Waals surface area (Å²) in [6, 6.07) is 1.01. The number of carbonyl (C=O) groups is 1. The first-order valence-electron chi connectivity index (χ1n) is 7.83. The molecule has 2 aliphatic rings. The maximum atomic E-state index is 12.3. The van der Waals surface area contributed by atoms with Crippen LogP contribution in [0.4, 0.5) is 0 Å². The van der Waals surface area contributed by atoms with Gasteiger partial charge in [0.1, 0.15) is 0 Å². The second kappa shape index (κ2) is 6.71. The highest BCUT2D eigenvalue weighted by Gasteiger charge is 2.35. The zero-order chi connectivity index (χ0) is 13.8. The Morgan fingerprint density at radius 3 is 2.89 bits per heavy atom. The number of carbonyl (C=O) groups excluding carboxylic acids is 1. The summed E-state index contributed by atoms with van der Waals surface area (Å²) in [5.74, 6) is 1.03. The van der Waals surface area contributed by atoms with Crippen molar-refractivity contribution in [2.75, 3.05) is 33.2 Å². The van der Waals surface area contributed by atoms with Gasteiger partial charge in [0.05, 0.1) is 0 Å². The quantitative estimate of drug-likeness (QED) is 0.834. The van der Waals surface area contributed by atoms with Crippen molar-refractivity contribution in [1.82, 2.24) is 15.1 Å². The Morgan fingerprint density at radius 1 is 1.37 bits per heavy atom. The monoisotopic (exact) mass is 267 g/mol. The third-order valence-corrected chi connectivity index (χ3v) is 4.73. The van der Waals surface area contributed by atoms with Crippen LogP contribution in [-0.4, -0.2) is 61.0 Å². The van der Waals surface area contributed by atoms with Gasteiger partial charge in [-0.15, -0.1) is 0 Å². The summed E-state index contributed by atoms with van der Waals surface area (Å²) in [5.41, 5.74) is 0. The zero-order valence-corrected chi connectivity index (χ0v) is 12.7. The minimum atomic E-state index is 0.296. The van der Waals surface area contributed by atoms with E-state index in [1.165, 1.54) is 19.4 Å². The van der Waals surface area contributed by atoms with Gasteiger partial charge in [-0.05, 0) is 52.2 Å². The number of hydrogen-bond donors (Lipinski definition) is 1. The Balaban J connectivity index is 1.84. The number of fused-ring (bicyclic) bond motifs is 1. The van der Waals surface area contributed by atoms with Crippen LogP contribution in [0.2, 0.25) is 0 Å². The molecule has 0 saturated carbocycles. The standard InChI is InChI=1S/C15H29N3O/c1-4-16-12(2)10-15(19)18-9-7-14-13(11-18)6-5-8-17(14)3/h12-14,16H,4-11H2,1-3H3. The molecule has 4 nitrogen and oxygen atoms in total. The Hall–Kier alpha value is -0.610. The molecular formula is C15H29N3O. The summed E-state index contributed by atoms with van der Waals surface area (Å²) in [6.45, 7) is 8.28. The lowest BCUT2D eigenvalue weighted by Gasteiger charge is -2.46. The molecule has 2 saturated heterocycles. The lowest BCUT2D eigenvalue weighted by molar-refractivity contribution is -0.135. The van der Waals surface area contributed by atoms with Crippen molar-refractivity contribution in [2.24, 2.45) is 5.92 Å². The molecule has 2 heterocycles. The third-order valence-electron chi connectivity index (χ3n) is 4.73. The summed E-state index contributed by atoms with van der Waals surface area (Å²) in [4.78, 5) is 16.9. The van der Waals surface area contributed by atoms with Crippen molar-refractivity contribution in [3.63, 3.8) is 0 Å². The first kappa shape index (κ1) is 14.8. The van der Waals surface area contributed by atoms with Crippen LogP contribution < -0.4 is 5.32 Å². The van der Waals surface area contributed by atoms with E-state index in [1.807, 2.05) is 0 Å². The molecule has 1 amide bonds. The fourth-order valence-corrected chi connectivity index (χ4v) is 3.69. The van der Waals surface area contributed by atoms with Gasteiger partial charge in [-0.25, -0.2) is 0 Å². The van der Waals surface area contributed by atoms with E-state index in [9.17, 15) is 4.79 Å². The fourth-order valence-electron chi connectivity index (χ4n) is 3.69. The topological polar surface area (TPSA) is 35.6 Å². The summed E-state index contributed by atoms with van der Waals surface area (Å²) in [7, 11) is 2.24. The molecule has 0 radical (unpaired) electrons. The molecule has 0 aromatic rings. The van der Waals surface area contributed by atoms with Crippen molar-refractivity contribution < 1.29 is 4.79 Å². The largest absolute Gasteiger partial charge is 0.342 e. The average molecular weight is 267 g/mol. The molecular weight excluding hydrogens is 238 g/mol. The van der Waals surface area contributed by atoms with Crippen LogP contribution in [0, 0.1) is 5.92 Å². The smallest absolute Gasteiger partial charge is 0.224 e. The molecule has 2 aliphatic heterocycles. The van der Waals surface area contributed by atoms with Crippen molar-refractivity contribution in [3.8, 4) is 0 Å². The average Bonchev–Trinajstić information content (AvgIpc) is 2.38. The third kappa shape index (κ3) is 3.69. The van der Waals surface area contributed by atoms with Crippen LogP contribution in [0.15, 0.2) is 0 Å². The van der Waals surface area contributed by atoms with E-state index in [2.05, 4.69) is 36.0 Å². The molecule has 2 rings (SSSR count). The summed E-state index contributed by atoms with van der Waals surface area (Å²) >= 11 is 0. The number of piperidine rings is 2. The second-order valence-electron chi connectivity index (χ2n) is 6.24. The van der Waals surface area contributed by atoms with Crippen molar-refractivity contribution in [2.45, 2.75) is 51.6 Å². The number of likely N-dealkylation sites (tertiary alicyclic amines) is 2. The number of hydrogen-bond acceptors (Lipinski definition) is 3. The predicted molar refractivity (Wildman–Crippen MR) is 78.1 cm³/mol. The van der Waals surface area contributed by atoms with Gasteiger partial charge < -0.3 is 15.1 Å². The maximum absolute atomic E-state index is 12.3. The van der Waals surface area contributed by atoms with E-state index < -0.39 is 0 Å². The number of rotatable bonds is 4. The SMILES string of the molecule is CCNC(C)CC(=O)N1CCC2C(CCCN2C)C1. The van der Waals surface area contributed by atoms with Gasteiger partial charge in [0, 0.05) is 31.6 Å². The second-order valence-corrected chi connectivity index (χ2v) is 6.24. The highest BCUT2D eigenvalue weighted by Crippen LogP contribution is 2.29. The van der Waals surface area contributed by atoms with Gasteiger partial charge in [0.2, 0.25) is 5.91 Å². The lowest BCUT2D eigenvalue weighted by Crippen LogP contribution is -2.54. The predicted octanol–water partition coefficient (Wildman–Crippen LogP) is 1.32. The van der Waals surface area contributed by atoms with Gasteiger partial charge in [-0.1, -0.05) is 6.92 Å². The first-order chi connectivity index (χ1) is 9.11. The van der Waals surface area contributed by atoms with Crippen LogP contribution in [-0.2, 0) is 4.79 Å². The van der Waals surface area contributed by atoms with Crippen molar-refractivity contribution >= 4 is 5.91 Å². The molecule has 1 N–H and O–H groups in total. The molecule has 110 valence electrons. The van der Waals surface area contributed by atoms with Gasteiger partial charge in [0.25, 0.3) is 0 Å². The van der Waals surface area contributed by atoms with Crippen molar-refractivity contribution in [1.29, 1.82) is 0 Å². The van der Waals surface area contributed by atoms with Crippen LogP contribution in [0.3, 0.4) is 0 Å². The molecule has 0 bridgehead atoms. The Labute approximate surface area is 117 Å². The van der Waals surface area contributed by atoms with E-state index >= 15 is 0 Å². The minimum absolute atomic E-state index is 0.296. The molecule has 3 unspecified atom stereocenters. The van der Waals surface area contributed by atoms with E-state index in [4.69, 9.17) is 0 Å². The summed E-state index contributed by atoms with van der Waals surface area (Å²) < 4.78 is 0. The Kier molecular flexibility index (Phi) is 5.22. The highest BCUT2D eigenvalue weighted by atomic mass is 16.2. The van der Waals surface area contributed by atoms with E-state index in [-0.39, 0.29) is 0 Å². The molecule has 2 fully saturated rings. The number of nitrogens with zero attached hydrogens (tertiary/aromatic N) is 2. The van der Waals surface area contributed by atoms with Gasteiger partial charge in [0.15, 0.2) is 0 Å². The van der Waals surface area contributed by atoms with E-state index in [0.29, 0.717) is 30.3 Å². The van der Waals surface area contributed by atoms with Crippen LogP contribution in [0.25, 0.3) is 0 Å². The molecule has 4 heteroatoms. The number of amides is 1. The molecule has 0 spiro atoms. The van der Waals surface area contributed by atoms with Crippen LogP contribution in [0.5, 0.6) is 0 Å². The fraction of sp³-hybridized carbons (Fsp3) is 0.933. The summed E-state index contributed by atoms with van der Waals surface area (Å²) in [5, 5.41) is 3.32. The minimum Gasteiger partial charge on any atom is -0.342 e. The molecule has 19 heavy (non-hydrogen) atoms. The Bertz CT molecular complexity index is 308. The van der Waals surface area contributed by atoms with Crippen LogP contribution in [0.1, 0.15) is 39.5 Å². The van der Waals surface area contributed by atoms with Crippen molar-refractivity contribution in [3.05, 3.63) is 0 Å². The normalized spacial score (nSPS) is 29.9. The van der Waals surface area contributed by atoms with Crippen LogP contribution >= 0.6 is 0 Å². The summed E-state index contributed by atoms with van der Waals surface area (Å²) in [6.07, 6.45) is 4.37. The molecule has 0 aliphatic carbocycles. The van der Waals surface area contributed by atoms with Gasteiger partial charge >= 0.3 is 0 Å². The number of nitrogens with one attached hydrogen (secondary N) is 1. The van der Waals surface area contributed by atoms with Gasteiger partial charge in [-0.2, -0.15) is 0 Å². The maximum Gasteiger partial charge on any atom is 0.224 e. The highest BCUT2D eigenvalue weighted by molar-refractivity contribution is 5.76. The first-order valence-corrected chi connectivity index (χ1v) is 7.83. The van der Waals surface area contributed by atoms with E-state index in [0.717, 1.165) is 26.1 Å². The Morgan fingerprint density at radius 2 is 2.16 bits per heavy atom.